The first kappa shape index (κ1) is 21.3. The van der Waals surface area contributed by atoms with Crippen LogP contribution in [0, 0.1) is 0 Å². The number of anilines is 2. The van der Waals surface area contributed by atoms with Gasteiger partial charge in [0.25, 0.3) is 0 Å². The number of benzene rings is 2. The molecule has 0 saturated heterocycles. The lowest BCUT2D eigenvalue weighted by Crippen LogP contribution is -2.47. The van der Waals surface area contributed by atoms with E-state index >= 15 is 0 Å². The number of carbonyl (C=O) groups is 1. The van der Waals surface area contributed by atoms with Gasteiger partial charge in [-0.2, -0.15) is 0 Å². The quantitative estimate of drug-likeness (QED) is 0.725. The van der Waals surface area contributed by atoms with E-state index in [9.17, 15) is 13.2 Å². The van der Waals surface area contributed by atoms with E-state index in [4.69, 9.17) is 11.6 Å². The van der Waals surface area contributed by atoms with Crippen LogP contribution < -0.4 is 9.62 Å². The molecule has 7 heteroatoms. The fourth-order valence-electron chi connectivity index (χ4n) is 3.00. The minimum Gasteiger partial charge on any atom is -0.324 e. The van der Waals surface area contributed by atoms with Gasteiger partial charge >= 0.3 is 0 Å². The fourth-order valence-corrected chi connectivity index (χ4v) is 4.39. The minimum atomic E-state index is -3.70. The first-order valence-electron chi connectivity index (χ1n) is 8.80. The van der Waals surface area contributed by atoms with Crippen molar-refractivity contribution in [1.29, 1.82) is 0 Å². The largest absolute Gasteiger partial charge is 0.324 e. The van der Waals surface area contributed by atoms with Crippen molar-refractivity contribution in [3.8, 4) is 0 Å². The van der Waals surface area contributed by atoms with Crippen LogP contribution in [0.15, 0.2) is 48.5 Å². The standard InChI is InChI=1S/C20H25ClN2O3S/c1-5-19(20(24)22-18-12-7-6-11-17(18)14(2)3)23(27(4,25)26)16-10-8-9-15(21)13-16/h6-14,19H,5H2,1-4H3,(H,22,24)/t19-/m0/s1. The second kappa shape index (κ2) is 8.76. The van der Waals surface area contributed by atoms with Crippen molar-refractivity contribution in [1.82, 2.24) is 0 Å². The van der Waals surface area contributed by atoms with Crippen molar-refractivity contribution in [2.24, 2.45) is 0 Å². The van der Waals surface area contributed by atoms with Gasteiger partial charge in [-0.15, -0.1) is 0 Å². The first-order chi connectivity index (χ1) is 12.6. The number of nitrogens with one attached hydrogen (secondary N) is 1. The monoisotopic (exact) mass is 408 g/mol. The average Bonchev–Trinajstić information content (AvgIpc) is 2.58. The molecule has 0 aliphatic heterocycles. The van der Waals surface area contributed by atoms with Crippen molar-refractivity contribution in [3.63, 3.8) is 0 Å². The number of halogens is 1. The lowest BCUT2D eigenvalue weighted by atomic mass is 10.0. The highest BCUT2D eigenvalue weighted by Crippen LogP contribution is 2.28. The summed E-state index contributed by atoms with van der Waals surface area (Å²) in [6, 6.07) is 13.1. The number of carbonyl (C=O) groups excluding carboxylic acids is 1. The molecule has 0 fully saturated rings. The predicted molar refractivity (Wildman–Crippen MR) is 112 cm³/mol. The Labute approximate surface area is 166 Å². The highest BCUT2D eigenvalue weighted by molar-refractivity contribution is 7.92. The van der Waals surface area contributed by atoms with E-state index in [-0.39, 0.29) is 11.8 Å². The second-order valence-corrected chi connectivity index (χ2v) is 8.99. The lowest BCUT2D eigenvalue weighted by molar-refractivity contribution is -0.117. The summed E-state index contributed by atoms with van der Waals surface area (Å²) in [7, 11) is -3.70. The number of sulfonamides is 1. The minimum absolute atomic E-state index is 0.223. The molecule has 1 atom stereocenters. The fraction of sp³-hybridized carbons (Fsp3) is 0.350. The summed E-state index contributed by atoms with van der Waals surface area (Å²) in [6.07, 6.45) is 1.40. The number of rotatable bonds is 7. The van der Waals surface area contributed by atoms with Gasteiger partial charge in [-0.1, -0.05) is 56.6 Å². The van der Waals surface area contributed by atoms with Crippen LogP contribution in [0.5, 0.6) is 0 Å². The zero-order valence-corrected chi connectivity index (χ0v) is 17.5. The lowest BCUT2D eigenvalue weighted by Gasteiger charge is -2.30. The second-order valence-electron chi connectivity index (χ2n) is 6.69. The molecule has 0 radical (unpaired) electrons. The van der Waals surface area contributed by atoms with Crippen molar-refractivity contribution in [2.75, 3.05) is 15.9 Å². The molecule has 27 heavy (non-hydrogen) atoms. The summed E-state index contributed by atoms with van der Waals surface area (Å²) in [5.74, 6) is -0.156. The zero-order valence-electron chi connectivity index (χ0n) is 15.9. The van der Waals surface area contributed by atoms with E-state index in [0.717, 1.165) is 16.1 Å². The topological polar surface area (TPSA) is 66.5 Å². The first-order valence-corrected chi connectivity index (χ1v) is 11.0. The number of hydrogen-bond acceptors (Lipinski definition) is 3. The molecule has 0 unspecified atom stereocenters. The van der Waals surface area contributed by atoms with E-state index in [0.29, 0.717) is 22.8 Å². The van der Waals surface area contributed by atoms with Gasteiger partial charge in [-0.05, 0) is 42.2 Å². The van der Waals surface area contributed by atoms with Crippen molar-refractivity contribution < 1.29 is 13.2 Å². The van der Waals surface area contributed by atoms with Crippen LogP contribution in [-0.4, -0.2) is 26.6 Å². The summed E-state index contributed by atoms with van der Waals surface area (Å²) < 4.78 is 26.1. The SMILES string of the molecule is CC[C@@H](C(=O)Nc1ccccc1C(C)C)N(c1cccc(Cl)c1)S(C)(=O)=O. The Bertz CT molecular complexity index is 913. The number of nitrogens with zero attached hydrogens (tertiary/aromatic N) is 1. The molecule has 0 heterocycles. The van der Waals surface area contributed by atoms with Gasteiger partial charge in [0.15, 0.2) is 0 Å². The van der Waals surface area contributed by atoms with Gasteiger partial charge in [0.05, 0.1) is 11.9 Å². The smallest absolute Gasteiger partial charge is 0.248 e. The molecule has 146 valence electrons. The average molecular weight is 409 g/mol. The molecule has 0 aliphatic rings. The van der Waals surface area contributed by atoms with Crippen LogP contribution in [0.1, 0.15) is 38.7 Å². The molecule has 0 aliphatic carbocycles. The van der Waals surface area contributed by atoms with Gasteiger partial charge in [0, 0.05) is 10.7 Å². The number of hydrogen-bond donors (Lipinski definition) is 1. The van der Waals surface area contributed by atoms with Crippen LogP contribution in [0.25, 0.3) is 0 Å². The van der Waals surface area contributed by atoms with Gasteiger partial charge in [0.2, 0.25) is 15.9 Å². The molecule has 1 N–H and O–H groups in total. The molecular weight excluding hydrogens is 384 g/mol. The summed E-state index contributed by atoms with van der Waals surface area (Å²) in [5.41, 5.74) is 2.05. The molecule has 2 aromatic carbocycles. The van der Waals surface area contributed by atoms with Gasteiger partial charge in [-0.25, -0.2) is 8.42 Å². The highest BCUT2D eigenvalue weighted by atomic mass is 35.5. The molecule has 1 amide bonds. The summed E-state index contributed by atoms with van der Waals surface area (Å²) in [5, 5.41) is 3.31. The molecule has 0 saturated carbocycles. The van der Waals surface area contributed by atoms with Gasteiger partial charge in [0.1, 0.15) is 6.04 Å². The third-order valence-electron chi connectivity index (χ3n) is 4.23. The molecule has 2 rings (SSSR count). The molecule has 2 aromatic rings. The predicted octanol–water partition coefficient (Wildman–Crippen LogP) is 4.65. The van der Waals surface area contributed by atoms with Crippen molar-refractivity contribution in [3.05, 3.63) is 59.1 Å². The van der Waals surface area contributed by atoms with E-state index in [1.54, 1.807) is 31.2 Å². The molecule has 0 spiro atoms. The zero-order chi connectivity index (χ0) is 20.2. The van der Waals surface area contributed by atoms with Crippen molar-refractivity contribution in [2.45, 2.75) is 39.2 Å². The van der Waals surface area contributed by atoms with Crippen LogP contribution in [-0.2, 0) is 14.8 Å². The highest BCUT2D eigenvalue weighted by Gasteiger charge is 2.32. The molecule has 0 bridgehead atoms. The van der Waals surface area contributed by atoms with Crippen LogP contribution in [0.2, 0.25) is 5.02 Å². The Morgan fingerprint density at radius 2 is 1.81 bits per heavy atom. The number of amides is 1. The van der Waals surface area contributed by atoms with Gasteiger partial charge < -0.3 is 5.32 Å². The molecule has 0 aromatic heterocycles. The van der Waals surface area contributed by atoms with Crippen molar-refractivity contribution >= 4 is 38.9 Å². The maximum atomic E-state index is 13.0. The number of para-hydroxylation sites is 1. The summed E-state index contributed by atoms with van der Waals surface area (Å²) in [6.45, 7) is 5.86. The molecule has 5 nitrogen and oxygen atoms in total. The normalized spacial score (nSPS) is 12.7. The van der Waals surface area contributed by atoms with Crippen LogP contribution in [0.4, 0.5) is 11.4 Å². The van der Waals surface area contributed by atoms with E-state index in [1.165, 1.54) is 0 Å². The Balaban J connectivity index is 2.41. The van der Waals surface area contributed by atoms with Gasteiger partial charge in [-0.3, -0.25) is 9.10 Å². The third kappa shape index (κ3) is 5.23. The maximum absolute atomic E-state index is 13.0. The summed E-state index contributed by atoms with van der Waals surface area (Å²) in [4.78, 5) is 13.0. The van der Waals surface area contributed by atoms with E-state index < -0.39 is 16.1 Å². The summed E-state index contributed by atoms with van der Waals surface area (Å²) >= 11 is 6.03. The Morgan fingerprint density at radius 3 is 2.37 bits per heavy atom. The molecular formula is C20H25ClN2O3S. The van der Waals surface area contributed by atoms with Crippen LogP contribution in [0.3, 0.4) is 0 Å². The Hall–Kier alpha value is -2.05. The third-order valence-corrected chi connectivity index (χ3v) is 5.65. The van der Waals surface area contributed by atoms with E-state index in [1.807, 2.05) is 38.1 Å². The Morgan fingerprint density at radius 1 is 1.15 bits per heavy atom. The maximum Gasteiger partial charge on any atom is 0.248 e. The van der Waals surface area contributed by atoms with E-state index in [2.05, 4.69) is 5.32 Å². The Kier molecular flexibility index (Phi) is 6.89. The van der Waals surface area contributed by atoms with Crippen LogP contribution >= 0.6 is 11.6 Å².